The highest BCUT2D eigenvalue weighted by Crippen LogP contribution is 2.43. The Balaban J connectivity index is 1.67. The molecular formula is C31H30N6O11S3. The molecule has 0 saturated carbocycles. The second kappa shape index (κ2) is 13.3. The highest BCUT2D eigenvalue weighted by Gasteiger charge is 2.45. The van der Waals surface area contributed by atoms with Crippen molar-refractivity contribution in [2.45, 2.75) is 41.4 Å². The maximum atomic E-state index is 12.5. The molecule has 1 aliphatic carbocycles. The molecule has 4 aromatic rings. The van der Waals surface area contributed by atoms with E-state index in [4.69, 9.17) is 5.73 Å². The van der Waals surface area contributed by atoms with Gasteiger partial charge in [-0.2, -0.15) is 35.5 Å². The van der Waals surface area contributed by atoms with Gasteiger partial charge in [-0.1, -0.05) is 18.2 Å². The van der Waals surface area contributed by atoms with Crippen molar-refractivity contribution in [2.24, 2.45) is 26.2 Å². The van der Waals surface area contributed by atoms with Crippen molar-refractivity contribution in [1.82, 2.24) is 0 Å². The van der Waals surface area contributed by atoms with Gasteiger partial charge in [0.15, 0.2) is 5.75 Å². The number of phenolic OH excluding ortho intramolecular Hbond substituents is 1. The van der Waals surface area contributed by atoms with Crippen molar-refractivity contribution in [3.8, 4) is 5.75 Å². The number of benzene rings is 4. The van der Waals surface area contributed by atoms with Gasteiger partial charge in [0.05, 0.1) is 16.3 Å². The molecule has 0 radical (unpaired) electrons. The average molecular weight is 759 g/mol. The number of azo groups is 2. The highest BCUT2D eigenvalue weighted by molar-refractivity contribution is 7.87. The van der Waals surface area contributed by atoms with Gasteiger partial charge in [0.2, 0.25) is 5.91 Å². The van der Waals surface area contributed by atoms with Gasteiger partial charge in [-0.05, 0) is 78.9 Å². The minimum absolute atomic E-state index is 0.00711. The fraction of sp³-hybridized carbons (Fsp3) is 0.194. The van der Waals surface area contributed by atoms with Crippen molar-refractivity contribution >= 4 is 80.6 Å². The molecule has 51 heavy (non-hydrogen) atoms. The van der Waals surface area contributed by atoms with Gasteiger partial charge in [-0.15, -0.1) is 10.2 Å². The Kier molecular flexibility index (Phi) is 9.73. The largest absolute Gasteiger partial charge is 0.505 e. The lowest BCUT2D eigenvalue weighted by molar-refractivity contribution is -0.114. The Morgan fingerprint density at radius 2 is 1.51 bits per heavy atom. The molecule has 0 aromatic heterocycles. The quantitative estimate of drug-likeness (QED) is 0.0910. The molecule has 4 aromatic carbocycles. The Bertz CT molecular complexity index is 2600. The molecule has 0 saturated heterocycles. The first-order valence-corrected chi connectivity index (χ1v) is 19.0. The topological polar surface area (TPSA) is 288 Å². The molecule has 2 unspecified atom stereocenters. The van der Waals surface area contributed by atoms with E-state index in [9.17, 15) is 48.8 Å². The molecule has 1 aliphatic rings. The number of hydrogen-bond donors (Lipinski definition) is 6. The Morgan fingerprint density at radius 3 is 2.10 bits per heavy atom. The summed E-state index contributed by atoms with van der Waals surface area (Å²) < 4.78 is 102. The molecule has 268 valence electrons. The van der Waals surface area contributed by atoms with Crippen LogP contribution in [0.2, 0.25) is 0 Å². The summed E-state index contributed by atoms with van der Waals surface area (Å²) in [7, 11) is -14.5. The van der Waals surface area contributed by atoms with Crippen LogP contribution < -0.4 is 11.1 Å². The summed E-state index contributed by atoms with van der Waals surface area (Å²) in [6.45, 7) is 4.15. The smallest absolute Gasteiger partial charge is 0.296 e. The van der Waals surface area contributed by atoms with Gasteiger partial charge >= 0.3 is 0 Å². The molecule has 5 rings (SSSR count). The summed E-state index contributed by atoms with van der Waals surface area (Å²) in [6.07, 6.45) is 2.74. The number of carbonyl (C=O) groups excluding carboxylic acids is 1. The number of anilines is 1. The number of hydrogen-bond acceptors (Lipinski definition) is 13. The highest BCUT2D eigenvalue weighted by atomic mass is 32.2. The van der Waals surface area contributed by atoms with Crippen LogP contribution in [0.4, 0.5) is 22.7 Å². The van der Waals surface area contributed by atoms with E-state index in [1.54, 1.807) is 6.92 Å². The predicted octanol–water partition coefficient (Wildman–Crippen LogP) is 5.51. The van der Waals surface area contributed by atoms with Crippen molar-refractivity contribution in [1.29, 1.82) is 0 Å². The number of fused-ring (bicyclic) bond motifs is 2. The minimum atomic E-state index is -5.01. The second-order valence-electron chi connectivity index (χ2n) is 11.7. The number of aromatic hydroxyl groups is 1. The first kappa shape index (κ1) is 37.3. The molecule has 7 N–H and O–H groups in total. The Labute approximate surface area is 291 Å². The normalized spacial score (nSPS) is 18.8. The van der Waals surface area contributed by atoms with Crippen LogP contribution in [0.3, 0.4) is 0 Å². The number of nitrogens with two attached hydrogens (primary N) is 1. The second-order valence-corrected chi connectivity index (χ2v) is 16.3. The van der Waals surface area contributed by atoms with Gasteiger partial charge in [-0.3, -0.25) is 18.5 Å². The van der Waals surface area contributed by atoms with Crippen LogP contribution in [0.15, 0.2) is 108 Å². The van der Waals surface area contributed by atoms with Crippen LogP contribution in [0.5, 0.6) is 5.75 Å². The van der Waals surface area contributed by atoms with Crippen molar-refractivity contribution in [2.75, 3.05) is 11.9 Å². The molecule has 0 bridgehead atoms. The van der Waals surface area contributed by atoms with Crippen molar-refractivity contribution < 1.29 is 48.8 Å². The lowest BCUT2D eigenvalue weighted by Gasteiger charge is -2.31. The van der Waals surface area contributed by atoms with Crippen LogP contribution in [0.25, 0.3) is 21.5 Å². The molecule has 1 amide bonds. The number of carbonyl (C=O) groups is 1. The van der Waals surface area contributed by atoms with Gasteiger partial charge in [0.25, 0.3) is 30.4 Å². The zero-order valence-corrected chi connectivity index (χ0v) is 29.3. The summed E-state index contributed by atoms with van der Waals surface area (Å²) in [5.41, 5.74) is 6.42. The maximum Gasteiger partial charge on any atom is 0.296 e. The summed E-state index contributed by atoms with van der Waals surface area (Å²) in [6, 6.07) is 9.89. The van der Waals surface area contributed by atoms with Crippen LogP contribution in [0.1, 0.15) is 20.8 Å². The molecule has 2 atom stereocenters. The molecule has 0 spiro atoms. The Morgan fingerprint density at radius 1 is 0.863 bits per heavy atom. The third kappa shape index (κ3) is 7.42. The fourth-order valence-corrected chi connectivity index (χ4v) is 7.40. The lowest BCUT2D eigenvalue weighted by atomic mass is 9.88. The first-order valence-electron chi connectivity index (χ1n) is 14.6. The molecule has 0 fully saturated rings. The summed E-state index contributed by atoms with van der Waals surface area (Å²) in [4.78, 5) is 10.1. The van der Waals surface area contributed by atoms with E-state index in [1.165, 1.54) is 62.4 Å². The van der Waals surface area contributed by atoms with Crippen LogP contribution in [-0.4, -0.2) is 67.3 Å². The number of amides is 1. The number of nitrogens with zero attached hydrogens (tertiary/aromatic N) is 4. The predicted molar refractivity (Wildman–Crippen MR) is 187 cm³/mol. The van der Waals surface area contributed by atoms with Crippen LogP contribution >= 0.6 is 0 Å². The van der Waals surface area contributed by atoms with E-state index < -0.39 is 68.3 Å². The summed E-state index contributed by atoms with van der Waals surface area (Å²) in [5.74, 6) is -1.08. The van der Waals surface area contributed by atoms with E-state index in [0.717, 1.165) is 18.2 Å². The number of rotatable bonds is 9. The monoisotopic (exact) mass is 758 g/mol. The standard InChI is InChI=1S/C31H30N6O11S3/c1-16-14-31(3,51(46,47)48)28(12-19(16)15-32)36-34-26-9-8-25(23-7-5-21(13-24(23)26)49(40,41)42)35-37-29-27(50(43,44)45)11-18-10-20(33-17(2)38)4-6-22(18)30(29)39/h4-14,28,39H,15,32H2,1-3H3,(H,33,38)(H,40,41,42)(H,43,44,45)(H,46,47,48). The summed E-state index contributed by atoms with van der Waals surface area (Å²) >= 11 is 0. The third-order valence-electron chi connectivity index (χ3n) is 8.17. The van der Waals surface area contributed by atoms with Crippen molar-refractivity contribution in [3.05, 3.63) is 77.9 Å². The van der Waals surface area contributed by atoms with Gasteiger partial charge in [0, 0.05) is 35.3 Å². The van der Waals surface area contributed by atoms with E-state index in [1.807, 2.05) is 0 Å². The van der Waals surface area contributed by atoms with Crippen molar-refractivity contribution in [3.63, 3.8) is 0 Å². The van der Waals surface area contributed by atoms with E-state index in [-0.39, 0.29) is 45.2 Å². The third-order valence-corrected chi connectivity index (χ3v) is 11.4. The number of nitrogens with one attached hydrogen (secondary N) is 1. The van der Waals surface area contributed by atoms with E-state index in [2.05, 4.69) is 25.8 Å². The van der Waals surface area contributed by atoms with Gasteiger partial charge < -0.3 is 16.2 Å². The zero-order valence-electron chi connectivity index (χ0n) is 26.9. The first-order chi connectivity index (χ1) is 23.6. The van der Waals surface area contributed by atoms with Gasteiger partial charge in [-0.25, -0.2) is 0 Å². The Hall–Kier alpha value is -4.96. The van der Waals surface area contributed by atoms with Crippen LogP contribution in [0, 0.1) is 0 Å². The summed E-state index contributed by atoms with van der Waals surface area (Å²) in [5, 5.41) is 30.3. The molecule has 17 nitrogen and oxygen atoms in total. The molecule has 0 heterocycles. The molecular weight excluding hydrogens is 729 g/mol. The lowest BCUT2D eigenvalue weighted by Crippen LogP contribution is -2.45. The maximum absolute atomic E-state index is 12.5. The minimum Gasteiger partial charge on any atom is -0.505 e. The van der Waals surface area contributed by atoms with Crippen LogP contribution in [-0.2, 0) is 35.1 Å². The fourth-order valence-electron chi connectivity index (χ4n) is 5.48. The van der Waals surface area contributed by atoms with Gasteiger partial charge in [0.1, 0.15) is 21.4 Å². The zero-order chi connectivity index (χ0) is 37.7. The molecule has 0 aliphatic heterocycles. The average Bonchev–Trinajstić information content (AvgIpc) is 3.02. The van der Waals surface area contributed by atoms with E-state index in [0.29, 0.717) is 11.1 Å². The SMILES string of the molecule is CC(=O)Nc1ccc2c(O)c(N=Nc3ccc(N=NC4C=C(CN)C(C)=CC4(C)S(=O)(=O)O)c4cc(S(=O)(=O)O)ccc34)c(S(=O)(=O)O)cc2c1. The number of phenols is 1. The van der Waals surface area contributed by atoms with E-state index >= 15 is 0 Å². The molecule has 20 heteroatoms.